The van der Waals surface area contributed by atoms with Gasteiger partial charge in [0.1, 0.15) is 0 Å². The lowest BCUT2D eigenvalue weighted by Crippen LogP contribution is -2.37. The molecule has 0 aliphatic carbocycles. The lowest BCUT2D eigenvalue weighted by Gasteiger charge is -2.12. The van der Waals surface area contributed by atoms with Gasteiger partial charge in [-0.2, -0.15) is 5.10 Å². The summed E-state index contributed by atoms with van der Waals surface area (Å²) in [7, 11) is 0. The molecule has 0 spiro atoms. The first-order valence-electron chi connectivity index (χ1n) is 6.47. The van der Waals surface area contributed by atoms with Gasteiger partial charge in [-0.1, -0.05) is 6.92 Å². The zero-order valence-corrected chi connectivity index (χ0v) is 11.3. The number of hydrogen-bond donors (Lipinski definition) is 3. The predicted octanol–water partition coefficient (Wildman–Crippen LogP) is 0.955. The van der Waals surface area contributed by atoms with Crippen LogP contribution in [0, 0.1) is 0 Å². The minimum atomic E-state index is -0.292. The highest BCUT2D eigenvalue weighted by Gasteiger charge is 2.14. The number of aliphatic hydroxyl groups excluding tert-OH is 1. The number of anilines is 1. The highest BCUT2D eigenvalue weighted by molar-refractivity contribution is 5.92. The van der Waals surface area contributed by atoms with Crippen molar-refractivity contribution < 1.29 is 9.90 Å². The third kappa shape index (κ3) is 3.16. The Morgan fingerprint density at radius 1 is 1.40 bits per heavy atom. The van der Waals surface area contributed by atoms with E-state index >= 15 is 0 Å². The normalized spacial score (nSPS) is 12.1. The third-order valence-corrected chi connectivity index (χ3v) is 3.03. The van der Waals surface area contributed by atoms with Crippen molar-refractivity contribution in [3.63, 3.8) is 0 Å². The van der Waals surface area contributed by atoms with Crippen molar-refractivity contribution in [2.24, 2.45) is 0 Å². The molecule has 6 nitrogen and oxygen atoms in total. The minimum absolute atomic E-state index is 0.0824. The Balaban J connectivity index is 2.12. The fourth-order valence-corrected chi connectivity index (χ4v) is 1.75. The summed E-state index contributed by atoms with van der Waals surface area (Å²) in [6.07, 6.45) is 2.38. The number of carbonyl (C=O) groups excluding carboxylic acids is 1. The summed E-state index contributed by atoms with van der Waals surface area (Å²) in [4.78, 5) is 12.0. The van der Waals surface area contributed by atoms with Gasteiger partial charge in [0.25, 0.3) is 5.91 Å². The van der Waals surface area contributed by atoms with Crippen LogP contribution in [0.15, 0.2) is 36.5 Å². The molecule has 1 aromatic heterocycles. The second-order valence-corrected chi connectivity index (χ2v) is 4.50. The van der Waals surface area contributed by atoms with E-state index in [1.165, 1.54) is 0 Å². The monoisotopic (exact) mass is 274 g/mol. The van der Waals surface area contributed by atoms with Crippen LogP contribution in [-0.2, 0) is 0 Å². The van der Waals surface area contributed by atoms with Gasteiger partial charge in [0.15, 0.2) is 5.69 Å². The lowest BCUT2D eigenvalue weighted by atomic mass is 10.2. The SMILES string of the molecule is CCC(CO)NC(=O)c1ccn(-c2ccc(N)cc2)n1. The van der Waals surface area contributed by atoms with Gasteiger partial charge < -0.3 is 16.2 Å². The molecule has 106 valence electrons. The van der Waals surface area contributed by atoms with Crippen LogP contribution in [0.1, 0.15) is 23.8 Å². The number of hydrogen-bond acceptors (Lipinski definition) is 4. The Labute approximate surface area is 117 Å². The van der Waals surface area contributed by atoms with Crippen LogP contribution in [-0.4, -0.2) is 33.4 Å². The molecule has 6 heteroatoms. The van der Waals surface area contributed by atoms with Crippen LogP contribution in [0.4, 0.5) is 5.69 Å². The number of benzene rings is 1. The Kier molecular flexibility index (Phi) is 4.37. The molecule has 0 bridgehead atoms. The van der Waals surface area contributed by atoms with Crippen LogP contribution in [0.2, 0.25) is 0 Å². The largest absolute Gasteiger partial charge is 0.399 e. The van der Waals surface area contributed by atoms with Gasteiger partial charge in [0.2, 0.25) is 0 Å². The Morgan fingerprint density at radius 2 is 2.10 bits per heavy atom. The number of nitrogens with zero attached hydrogens (tertiary/aromatic N) is 2. The van der Waals surface area contributed by atoms with E-state index in [0.29, 0.717) is 17.8 Å². The molecule has 1 aromatic carbocycles. The Morgan fingerprint density at radius 3 is 2.70 bits per heavy atom. The Hall–Kier alpha value is -2.34. The van der Waals surface area contributed by atoms with Crippen molar-refractivity contribution in [3.05, 3.63) is 42.2 Å². The lowest BCUT2D eigenvalue weighted by molar-refractivity contribution is 0.0909. The van der Waals surface area contributed by atoms with Crippen LogP contribution in [0.3, 0.4) is 0 Å². The molecule has 0 saturated carbocycles. The highest BCUT2D eigenvalue weighted by Crippen LogP contribution is 2.10. The fraction of sp³-hybridized carbons (Fsp3) is 0.286. The second kappa shape index (κ2) is 6.21. The van der Waals surface area contributed by atoms with E-state index in [0.717, 1.165) is 5.69 Å². The number of amides is 1. The van der Waals surface area contributed by atoms with Gasteiger partial charge in [-0.15, -0.1) is 0 Å². The summed E-state index contributed by atoms with van der Waals surface area (Å²) in [5.74, 6) is -0.292. The molecule has 2 rings (SSSR count). The van der Waals surface area contributed by atoms with E-state index in [1.807, 2.05) is 19.1 Å². The van der Waals surface area contributed by atoms with Crippen molar-refractivity contribution in [1.29, 1.82) is 0 Å². The molecular formula is C14H18N4O2. The number of nitrogens with two attached hydrogens (primary N) is 1. The van der Waals surface area contributed by atoms with E-state index in [9.17, 15) is 4.79 Å². The second-order valence-electron chi connectivity index (χ2n) is 4.50. The summed E-state index contributed by atoms with van der Waals surface area (Å²) in [5.41, 5.74) is 7.44. The highest BCUT2D eigenvalue weighted by atomic mass is 16.3. The molecule has 1 amide bonds. The van der Waals surface area contributed by atoms with E-state index in [4.69, 9.17) is 10.8 Å². The van der Waals surface area contributed by atoms with E-state index < -0.39 is 0 Å². The van der Waals surface area contributed by atoms with Gasteiger partial charge >= 0.3 is 0 Å². The van der Waals surface area contributed by atoms with Gasteiger partial charge in [-0.05, 0) is 36.8 Å². The minimum Gasteiger partial charge on any atom is -0.399 e. The molecule has 0 saturated heterocycles. The van der Waals surface area contributed by atoms with Gasteiger partial charge in [0, 0.05) is 11.9 Å². The molecule has 20 heavy (non-hydrogen) atoms. The van der Waals surface area contributed by atoms with Crippen LogP contribution in [0.25, 0.3) is 5.69 Å². The molecule has 2 aromatic rings. The Bertz CT molecular complexity index is 573. The summed E-state index contributed by atoms with van der Waals surface area (Å²) in [6.45, 7) is 1.81. The molecule has 0 radical (unpaired) electrons. The van der Waals surface area contributed by atoms with Crippen molar-refractivity contribution in [2.75, 3.05) is 12.3 Å². The summed E-state index contributed by atoms with van der Waals surface area (Å²) >= 11 is 0. The van der Waals surface area contributed by atoms with Crippen molar-refractivity contribution >= 4 is 11.6 Å². The topological polar surface area (TPSA) is 93.2 Å². The number of nitrogens with one attached hydrogen (secondary N) is 1. The molecule has 4 N–H and O–H groups in total. The molecule has 1 atom stereocenters. The molecule has 1 heterocycles. The van der Waals surface area contributed by atoms with E-state index in [-0.39, 0.29) is 18.6 Å². The number of nitrogen functional groups attached to an aromatic ring is 1. The van der Waals surface area contributed by atoms with Gasteiger partial charge in [-0.25, -0.2) is 4.68 Å². The maximum atomic E-state index is 12.0. The zero-order valence-electron chi connectivity index (χ0n) is 11.3. The van der Waals surface area contributed by atoms with E-state index in [1.54, 1.807) is 29.1 Å². The van der Waals surface area contributed by atoms with Gasteiger partial charge in [0.05, 0.1) is 18.3 Å². The number of rotatable bonds is 5. The summed E-state index contributed by atoms with van der Waals surface area (Å²) in [6, 6.07) is 8.59. The predicted molar refractivity (Wildman–Crippen MR) is 76.6 cm³/mol. The maximum Gasteiger partial charge on any atom is 0.272 e. The first kappa shape index (κ1) is 14.1. The van der Waals surface area contributed by atoms with Crippen LogP contribution < -0.4 is 11.1 Å². The maximum absolute atomic E-state index is 12.0. The van der Waals surface area contributed by atoms with Gasteiger partial charge in [-0.3, -0.25) is 4.79 Å². The fourth-order valence-electron chi connectivity index (χ4n) is 1.75. The first-order chi connectivity index (χ1) is 9.63. The van der Waals surface area contributed by atoms with Crippen molar-refractivity contribution in [2.45, 2.75) is 19.4 Å². The first-order valence-corrected chi connectivity index (χ1v) is 6.47. The number of aliphatic hydroxyl groups is 1. The smallest absolute Gasteiger partial charge is 0.272 e. The van der Waals surface area contributed by atoms with Crippen molar-refractivity contribution in [1.82, 2.24) is 15.1 Å². The summed E-state index contributed by atoms with van der Waals surface area (Å²) < 4.78 is 1.61. The standard InChI is InChI=1S/C14H18N4O2/c1-2-11(9-19)16-14(20)13-7-8-18(17-13)12-5-3-10(15)4-6-12/h3-8,11,19H,2,9,15H2,1H3,(H,16,20). The number of aromatic nitrogens is 2. The number of carbonyl (C=O) groups is 1. The van der Waals surface area contributed by atoms with E-state index in [2.05, 4.69) is 10.4 Å². The molecule has 0 fully saturated rings. The molecule has 1 unspecified atom stereocenters. The average molecular weight is 274 g/mol. The quantitative estimate of drug-likeness (QED) is 0.708. The molecular weight excluding hydrogens is 256 g/mol. The third-order valence-electron chi connectivity index (χ3n) is 3.03. The average Bonchev–Trinajstić information content (AvgIpc) is 2.95. The molecule has 0 aliphatic rings. The van der Waals surface area contributed by atoms with Crippen LogP contribution >= 0.6 is 0 Å². The molecule has 0 aliphatic heterocycles. The van der Waals surface area contributed by atoms with Crippen LogP contribution in [0.5, 0.6) is 0 Å². The van der Waals surface area contributed by atoms with Crippen molar-refractivity contribution in [3.8, 4) is 5.69 Å². The zero-order chi connectivity index (χ0) is 14.5. The summed E-state index contributed by atoms with van der Waals surface area (Å²) in [5, 5.41) is 16.0.